The van der Waals surface area contributed by atoms with E-state index in [4.69, 9.17) is 4.42 Å². The number of alkyl halides is 3. The third-order valence-corrected chi connectivity index (χ3v) is 4.80. The number of hydrogen-bond donors (Lipinski definition) is 3. The van der Waals surface area contributed by atoms with Gasteiger partial charge in [-0.25, -0.2) is 0 Å². The number of aliphatic hydroxyl groups is 1. The van der Waals surface area contributed by atoms with Crippen LogP contribution in [0.5, 0.6) is 5.75 Å². The van der Waals surface area contributed by atoms with Gasteiger partial charge in [0, 0.05) is 28.1 Å². The number of halogens is 3. The van der Waals surface area contributed by atoms with Crippen LogP contribution in [0.1, 0.15) is 11.0 Å². The van der Waals surface area contributed by atoms with Crippen molar-refractivity contribution in [3.63, 3.8) is 0 Å². The van der Waals surface area contributed by atoms with E-state index in [0.29, 0.717) is 10.6 Å². The van der Waals surface area contributed by atoms with Gasteiger partial charge in [0.25, 0.3) is 0 Å². The minimum Gasteiger partial charge on any atom is -0.464 e. The van der Waals surface area contributed by atoms with Gasteiger partial charge in [-0.2, -0.15) is 0 Å². The molecule has 2 aromatic heterocycles. The van der Waals surface area contributed by atoms with Crippen LogP contribution >= 0.6 is 11.3 Å². The van der Waals surface area contributed by atoms with Gasteiger partial charge in [0.15, 0.2) is 0 Å². The van der Waals surface area contributed by atoms with Crippen LogP contribution in [0.25, 0.3) is 11.3 Å². The Kier molecular flexibility index (Phi) is 6.43. The second-order valence-corrected chi connectivity index (χ2v) is 6.91. The van der Waals surface area contributed by atoms with Gasteiger partial charge in [0.1, 0.15) is 17.6 Å². The zero-order valence-corrected chi connectivity index (χ0v) is 15.9. The largest absolute Gasteiger partial charge is 0.573 e. The number of rotatable bonds is 6. The van der Waals surface area contributed by atoms with E-state index in [1.165, 1.54) is 17.6 Å². The highest BCUT2D eigenvalue weighted by Gasteiger charge is 2.31. The lowest BCUT2D eigenvalue weighted by Gasteiger charge is -2.11. The number of thiophene rings is 1. The lowest BCUT2D eigenvalue weighted by Crippen LogP contribution is -2.37. The van der Waals surface area contributed by atoms with Crippen LogP contribution in [-0.4, -0.2) is 29.8 Å². The predicted molar refractivity (Wildman–Crippen MR) is 102 cm³/mol. The van der Waals surface area contributed by atoms with Crippen molar-refractivity contribution in [1.29, 1.82) is 0 Å². The van der Waals surface area contributed by atoms with Crippen LogP contribution < -0.4 is 15.4 Å². The van der Waals surface area contributed by atoms with Gasteiger partial charge in [-0.3, -0.25) is 9.59 Å². The average molecular weight is 440 g/mol. The Labute approximate surface area is 172 Å². The smallest absolute Gasteiger partial charge is 0.464 e. The fourth-order valence-electron chi connectivity index (χ4n) is 2.40. The topological polar surface area (TPSA) is 101 Å². The number of ether oxygens (including phenoxy) is 1. The van der Waals surface area contributed by atoms with E-state index >= 15 is 0 Å². The summed E-state index contributed by atoms with van der Waals surface area (Å²) < 4.78 is 45.4. The minimum absolute atomic E-state index is 0.103. The molecule has 0 bridgehead atoms. The summed E-state index contributed by atoms with van der Waals surface area (Å²) >= 11 is 1.27. The van der Waals surface area contributed by atoms with Crippen molar-refractivity contribution in [2.75, 3.05) is 11.9 Å². The molecule has 0 spiro atoms. The standard InChI is InChI=1S/C19H15F3N2O5S/c20-19(21,22)29-13-5-3-12(4-6-13)24-18(27)17(26)23-9-14(25)16-8-11(10-30-16)15-2-1-7-28-15/h1-8,10,14,25H,9H2,(H,23,26)(H,24,27). The van der Waals surface area contributed by atoms with Crippen molar-refractivity contribution in [2.24, 2.45) is 0 Å². The summed E-state index contributed by atoms with van der Waals surface area (Å²) in [6.45, 7) is -0.206. The van der Waals surface area contributed by atoms with Crippen LogP contribution in [-0.2, 0) is 9.59 Å². The summed E-state index contributed by atoms with van der Waals surface area (Å²) in [7, 11) is 0. The zero-order valence-electron chi connectivity index (χ0n) is 15.1. The Hall–Kier alpha value is -3.31. The molecule has 0 aliphatic carbocycles. The molecule has 3 N–H and O–H groups in total. The predicted octanol–water partition coefficient (Wildman–Crippen LogP) is 3.70. The van der Waals surface area contributed by atoms with Gasteiger partial charge in [-0.05, 0) is 42.5 Å². The van der Waals surface area contributed by atoms with Crippen molar-refractivity contribution in [2.45, 2.75) is 12.5 Å². The number of furan rings is 1. The van der Waals surface area contributed by atoms with Crippen molar-refractivity contribution in [3.8, 4) is 17.1 Å². The SMILES string of the molecule is O=C(NCC(O)c1cc(-c2ccco2)cs1)C(=O)Nc1ccc(OC(F)(F)F)cc1. The molecule has 7 nitrogen and oxygen atoms in total. The number of amides is 2. The Morgan fingerprint density at radius 2 is 1.90 bits per heavy atom. The van der Waals surface area contributed by atoms with Crippen LogP contribution in [0.3, 0.4) is 0 Å². The normalized spacial score (nSPS) is 12.3. The molecule has 11 heteroatoms. The Bertz CT molecular complexity index is 1000. The van der Waals surface area contributed by atoms with Crippen molar-refractivity contribution < 1.29 is 37.0 Å². The molecule has 0 aliphatic heterocycles. The van der Waals surface area contributed by atoms with E-state index in [1.54, 1.807) is 23.6 Å². The average Bonchev–Trinajstić information content (AvgIpc) is 3.37. The summed E-state index contributed by atoms with van der Waals surface area (Å²) in [6.07, 6.45) is -4.33. The van der Waals surface area contributed by atoms with Gasteiger partial charge >= 0.3 is 18.2 Å². The fourth-order valence-corrected chi connectivity index (χ4v) is 3.28. The van der Waals surface area contributed by atoms with Crippen LogP contribution in [0.2, 0.25) is 0 Å². The van der Waals surface area contributed by atoms with Crippen LogP contribution in [0.15, 0.2) is 58.5 Å². The third kappa shape index (κ3) is 5.84. The van der Waals surface area contributed by atoms with E-state index < -0.39 is 30.0 Å². The number of anilines is 1. The third-order valence-electron chi connectivity index (χ3n) is 3.76. The lowest BCUT2D eigenvalue weighted by atomic mass is 10.2. The molecule has 1 unspecified atom stereocenters. The van der Waals surface area contributed by atoms with E-state index in [1.807, 2.05) is 0 Å². The first-order chi connectivity index (χ1) is 14.2. The maximum Gasteiger partial charge on any atom is 0.573 e. The number of hydrogen-bond acceptors (Lipinski definition) is 6. The van der Waals surface area contributed by atoms with E-state index in [2.05, 4.69) is 15.4 Å². The Morgan fingerprint density at radius 1 is 1.17 bits per heavy atom. The molecule has 0 saturated carbocycles. The van der Waals surface area contributed by atoms with Gasteiger partial charge in [0.05, 0.1) is 6.26 Å². The highest BCUT2D eigenvalue weighted by Crippen LogP contribution is 2.29. The van der Waals surface area contributed by atoms with Crippen molar-refractivity contribution in [3.05, 3.63) is 59.0 Å². The molecule has 2 amide bonds. The molecule has 0 saturated heterocycles. The molecule has 158 valence electrons. The first-order valence-corrected chi connectivity index (χ1v) is 9.34. The summed E-state index contributed by atoms with van der Waals surface area (Å²) in [5.74, 6) is -1.86. The molecule has 3 rings (SSSR count). The van der Waals surface area contributed by atoms with Gasteiger partial charge in [0.2, 0.25) is 0 Å². The highest BCUT2D eigenvalue weighted by molar-refractivity contribution is 7.10. The molecular formula is C19H15F3N2O5S. The molecule has 0 radical (unpaired) electrons. The number of benzene rings is 1. The molecule has 3 aromatic rings. The summed E-state index contributed by atoms with van der Waals surface area (Å²) in [5.41, 5.74) is 0.882. The summed E-state index contributed by atoms with van der Waals surface area (Å²) in [5, 5.41) is 16.5. The fraction of sp³-hybridized carbons (Fsp3) is 0.158. The minimum atomic E-state index is -4.83. The number of aliphatic hydroxyl groups excluding tert-OH is 1. The zero-order chi connectivity index (χ0) is 21.7. The molecule has 30 heavy (non-hydrogen) atoms. The van der Waals surface area contributed by atoms with Gasteiger partial charge < -0.3 is 24.9 Å². The summed E-state index contributed by atoms with van der Waals surface area (Å²) in [6, 6.07) is 9.53. The highest BCUT2D eigenvalue weighted by atomic mass is 32.1. The second kappa shape index (κ2) is 9.01. The molecular weight excluding hydrogens is 425 g/mol. The first-order valence-electron chi connectivity index (χ1n) is 8.46. The summed E-state index contributed by atoms with van der Waals surface area (Å²) in [4.78, 5) is 24.4. The van der Waals surface area contributed by atoms with Crippen molar-refractivity contribution in [1.82, 2.24) is 5.32 Å². The van der Waals surface area contributed by atoms with Gasteiger partial charge in [-0.15, -0.1) is 24.5 Å². The molecule has 2 heterocycles. The molecule has 1 atom stereocenters. The first kappa shape index (κ1) is 21.4. The Balaban J connectivity index is 1.49. The van der Waals surface area contributed by atoms with E-state index in [0.717, 1.165) is 29.8 Å². The maximum absolute atomic E-state index is 12.1. The number of carbonyl (C=O) groups is 2. The number of nitrogens with one attached hydrogen (secondary N) is 2. The Morgan fingerprint density at radius 3 is 2.53 bits per heavy atom. The van der Waals surface area contributed by atoms with Gasteiger partial charge in [-0.1, -0.05) is 0 Å². The van der Waals surface area contributed by atoms with E-state index in [-0.39, 0.29) is 12.2 Å². The lowest BCUT2D eigenvalue weighted by molar-refractivity contribution is -0.274. The second-order valence-electron chi connectivity index (χ2n) is 5.97. The van der Waals surface area contributed by atoms with Crippen molar-refractivity contribution >= 4 is 28.8 Å². The molecule has 0 aliphatic rings. The number of carbonyl (C=O) groups excluding carboxylic acids is 2. The van der Waals surface area contributed by atoms with E-state index in [9.17, 15) is 27.9 Å². The maximum atomic E-state index is 12.1. The monoisotopic (exact) mass is 440 g/mol. The quantitative estimate of drug-likeness (QED) is 0.508. The van der Waals surface area contributed by atoms with Crippen LogP contribution in [0, 0.1) is 0 Å². The molecule has 0 fully saturated rings. The van der Waals surface area contributed by atoms with Crippen LogP contribution in [0.4, 0.5) is 18.9 Å². The molecule has 1 aromatic carbocycles.